The van der Waals surface area contributed by atoms with E-state index in [2.05, 4.69) is 10.3 Å². The van der Waals surface area contributed by atoms with E-state index < -0.39 is 0 Å². The van der Waals surface area contributed by atoms with Crippen molar-refractivity contribution in [3.8, 4) is 0 Å². The lowest BCUT2D eigenvalue weighted by atomic mass is 10.1. The van der Waals surface area contributed by atoms with Crippen LogP contribution in [0.1, 0.15) is 46.7 Å². The van der Waals surface area contributed by atoms with Crippen molar-refractivity contribution in [3.63, 3.8) is 0 Å². The predicted octanol–water partition coefficient (Wildman–Crippen LogP) is 2.88. The second kappa shape index (κ2) is 8.82. The Bertz CT molecular complexity index is 686. The van der Waals surface area contributed by atoms with E-state index in [-0.39, 0.29) is 17.5 Å². The van der Waals surface area contributed by atoms with Crippen LogP contribution >= 0.6 is 0 Å². The summed E-state index contributed by atoms with van der Waals surface area (Å²) < 4.78 is 0. The van der Waals surface area contributed by atoms with E-state index in [0.717, 1.165) is 12.0 Å². The number of aromatic nitrogens is 1. The molecule has 2 rings (SSSR count). The fourth-order valence-electron chi connectivity index (χ4n) is 2.33. The molecule has 0 aliphatic rings. The van der Waals surface area contributed by atoms with Crippen LogP contribution in [-0.4, -0.2) is 34.8 Å². The van der Waals surface area contributed by atoms with Crippen LogP contribution in [0.3, 0.4) is 0 Å². The van der Waals surface area contributed by atoms with E-state index in [4.69, 9.17) is 0 Å². The third-order valence-corrected chi connectivity index (χ3v) is 3.66. The number of amides is 2. The Kier molecular flexibility index (Phi) is 6.49. The van der Waals surface area contributed by atoms with Crippen LogP contribution in [0.25, 0.3) is 0 Å². The quantitative estimate of drug-likeness (QED) is 0.851. The Labute approximate surface area is 142 Å². The monoisotopic (exact) mass is 325 g/mol. The van der Waals surface area contributed by atoms with Gasteiger partial charge in [-0.25, -0.2) is 0 Å². The summed E-state index contributed by atoms with van der Waals surface area (Å²) in [6.45, 7) is 5.64. The van der Waals surface area contributed by atoms with Crippen LogP contribution < -0.4 is 5.32 Å². The number of carbonyl (C=O) groups is 2. The molecule has 5 heteroatoms. The van der Waals surface area contributed by atoms with Gasteiger partial charge >= 0.3 is 0 Å². The normalized spacial score (nSPS) is 10.2. The molecule has 1 aromatic heterocycles. The van der Waals surface area contributed by atoms with Crippen LogP contribution in [0.5, 0.6) is 0 Å². The zero-order valence-electron chi connectivity index (χ0n) is 14.2. The highest BCUT2D eigenvalue weighted by Crippen LogP contribution is 2.11. The third-order valence-electron chi connectivity index (χ3n) is 3.66. The first-order valence-corrected chi connectivity index (χ1v) is 8.23. The number of carbonyl (C=O) groups excluding carboxylic acids is 2. The van der Waals surface area contributed by atoms with Crippen molar-refractivity contribution >= 4 is 11.8 Å². The van der Waals surface area contributed by atoms with Gasteiger partial charge in [0.25, 0.3) is 11.8 Å². The maximum Gasteiger partial charge on any atom is 0.269 e. The van der Waals surface area contributed by atoms with E-state index in [1.807, 2.05) is 44.2 Å². The molecule has 0 radical (unpaired) electrons. The minimum atomic E-state index is -0.252. The number of benzene rings is 1. The second-order valence-electron chi connectivity index (χ2n) is 5.49. The zero-order valence-corrected chi connectivity index (χ0v) is 14.2. The van der Waals surface area contributed by atoms with E-state index in [1.165, 1.54) is 6.20 Å². The summed E-state index contributed by atoms with van der Waals surface area (Å²) in [6, 6.07) is 13.0. The van der Waals surface area contributed by atoms with Crippen molar-refractivity contribution in [2.75, 3.05) is 13.1 Å². The average molecular weight is 325 g/mol. The SMILES string of the molecule is CCCNC(=O)c1cc(C(=O)N(CC)Cc2ccccc2)ccn1. The molecule has 1 N–H and O–H groups in total. The first-order valence-electron chi connectivity index (χ1n) is 8.23. The zero-order chi connectivity index (χ0) is 17.4. The molecular weight excluding hydrogens is 302 g/mol. The van der Waals surface area contributed by atoms with E-state index >= 15 is 0 Å². The Morgan fingerprint density at radius 2 is 1.88 bits per heavy atom. The molecular formula is C19H23N3O2. The molecule has 0 unspecified atom stereocenters. The molecule has 5 nitrogen and oxygen atoms in total. The van der Waals surface area contributed by atoms with Crippen LogP contribution in [-0.2, 0) is 6.54 Å². The van der Waals surface area contributed by atoms with Crippen molar-refractivity contribution in [3.05, 3.63) is 65.5 Å². The molecule has 0 bridgehead atoms. The van der Waals surface area contributed by atoms with Crippen LogP contribution in [0.2, 0.25) is 0 Å². The van der Waals surface area contributed by atoms with E-state index in [0.29, 0.717) is 25.2 Å². The Hall–Kier alpha value is -2.69. The molecule has 1 aromatic carbocycles. The van der Waals surface area contributed by atoms with Crippen molar-refractivity contribution in [1.82, 2.24) is 15.2 Å². The molecule has 0 saturated carbocycles. The molecule has 2 amide bonds. The molecule has 0 saturated heterocycles. The van der Waals surface area contributed by atoms with E-state index in [1.54, 1.807) is 17.0 Å². The van der Waals surface area contributed by atoms with Gasteiger partial charge in [0.15, 0.2) is 0 Å². The number of nitrogens with zero attached hydrogens (tertiary/aromatic N) is 2. The number of rotatable bonds is 7. The Balaban J connectivity index is 2.14. The summed E-state index contributed by atoms with van der Waals surface area (Å²) in [6.07, 6.45) is 2.36. The van der Waals surface area contributed by atoms with Crippen LogP contribution in [0.4, 0.5) is 0 Å². The van der Waals surface area contributed by atoms with Gasteiger partial charge in [-0.05, 0) is 31.0 Å². The summed E-state index contributed by atoms with van der Waals surface area (Å²) in [5.41, 5.74) is 1.82. The first-order chi connectivity index (χ1) is 11.7. The molecule has 0 spiro atoms. The van der Waals surface area contributed by atoms with Crippen molar-refractivity contribution in [2.24, 2.45) is 0 Å². The lowest BCUT2D eigenvalue weighted by Gasteiger charge is -2.21. The lowest BCUT2D eigenvalue weighted by Crippen LogP contribution is -2.31. The van der Waals surface area contributed by atoms with Gasteiger partial charge in [-0.2, -0.15) is 0 Å². The van der Waals surface area contributed by atoms with Crippen LogP contribution in [0.15, 0.2) is 48.7 Å². The molecule has 126 valence electrons. The van der Waals surface area contributed by atoms with Gasteiger partial charge < -0.3 is 10.2 Å². The minimum absolute atomic E-state index is 0.103. The Morgan fingerprint density at radius 3 is 2.54 bits per heavy atom. The fraction of sp³-hybridized carbons (Fsp3) is 0.316. The van der Waals surface area contributed by atoms with Gasteiger partial charge in [-0.1, -0.05) is 37.3 Å². The molecule has 24 heavy (non-hydrogen) atoms. The maximum absolute atomic E-state index is 12.7. The van der Waals surface area contributed by atoms with E-state index in [9.17, 15) is 9.59 Å². The van der Waals surface area contributed by atoms with Gasteiger partial charge in [0, 0.05) is 31.4 Å². The molecule has 0 aliphatic carbocycles. The highest BCUT2D eigenvalue weighted by molar-refractivity contribution is 5.98. The molecule has 0 atom stereocenters. The standard InChI is InChI=1S/C19H23N3O2/c1-3-11-21-18(23)17-13-16(10-12-20-17)19(24)22(4-2)14-15-8-6-5-7-9-15/h5-10,12-13H,3-4,11,14H2,1-2H3,(H,21,23). The van der Waals surface area contributed by atoms with Crippen molar-refractivity contribution in [1.29, 1.82) is 0 Å². The maximum atomic E-state index is 12.7. The first kappa shape index (κ1) is 17.7. The minimum Gasteiger partial charge on any atom is -0.351 e. The van der Waals surface area contributed by atoms with Crippen molar-refractivity contribution < 1.29 is 9.59 Å². The van der Waals surface area contributed by atoms with Crippen molar-refractivity contribution in [2.45, 2.75) is 26.8 Å². The van der Waals surface area contributed by atoms with Gasteiger partial charge in [0.1, 0.15) is 5.69 Å². The second-order valence-corrected chi connectivity index (χ2v) is 5.49. The highest BCUT2D eigenvalue weighted by atomic mass is 16.2. The Morgan fingerprint density at radius 1 is 1.12 bits per heavy atom. The summed E-state index contributed by atoms with van der Waals surface area (Å²) in [5.74, 6) is -0.356. The average Bonchev–Trinajstić information content (AvgIpc) is 2.64. The largest absolute Gasteiger partial charge is 0.351 e. The lowest BCUT2D eigenvalue weighted by molar-refractivity contribution is 0.0752. The van der Waals surface area contributed by atoms with Gasteiger partial charge in [0.2, 0.25) is 0 Å². The summed E-state index contributed by atoms with van der Waals surface area (Å²) in [4.78, 5) is 30.6. The summed E-state index contributed by atoms with van der Waals surface area (Å²) in [5, 5.41) is 2.77. The summed E-state index contributed by atoms with van der Waals surface area (Å²) >= 11 is 0. The number of nitrogens with one attached hydrogen (secondary N) is 1. The smallest absolute Gasteiger partial charge is 0.269 e. The molecule has 1 heterocycles. The number of pyridine rings is 1. The third kappa shape index (κ3) is 4.65. The summed E-state index contributed by atoms with van der Waals surface area (Å²) in [7, 11) is 0. The number of hydrogen-bond acceptors (Lipinski definition) is 3. The molecule has 2 aromatic rings. The van der Waals surface area contributed by atoms with Gasteiger partial charge in [-0.15, -0.1) is 0 Å². The predicted molar refractivity (Wildman–Crippen MR) is 93.7 cm³/mol. The topological polar surface area (TPSA) is 62.3 Å². The molecule has 0 fully saturated rings. The van der Waals surface area contributed by atoms with Gasteiger partial charge in [0.05, 0.1) is 0 Å². The molecule has 0 aliphatic heterocycles. The number of hydrogen-bond donors (Lipinski definition) is 1. The highest BCUT2D eigenvalue weighted by Gasteiger charge is 2.17. The van der Waals surface area contributed by atoms with Gasteiger partial charge in [-0.3, -0.25) is 14.6 Å². The van der Waals surface area contributed by atoms with Crippen LogP contribution in [0, 0.1) is 0 Å². The fourth-order valence-corrected chi connectivity index (χ4v) is 2.33.